The zero-order chi connectivity index (χ0) is 35.5. The van der Waals surface area contributed by atoms with Crippen molar-refractivity contribution in [3.63, 3.8) is 0 Å². The van der Waals surface area contributed by atoms with Gasteiger partial charge in [0.1, 0.15) is 5.78 Å². The molecule has 292 valence electrons. The molecule has 0 bridgehead atoms. The predicted molar refractivity (Wildman–Crippen MR) is 214 cm³/mol. The van der Waals surface area contributed by atoms with Crippen LogP contribution in [-0.2, 0) is 14.3 Å². The Hall–Kier alpha value is -0.410. The Balaban J connectivity index is 1.84. The molecule has 4 aliphatic rings. The molecule has 0 spiro atoms. The van der Waals surface area contributed by atoms with E-state index in [1.54, 1.807) is 0 Å². The van der Waals surface area contributed by atoms with Crippen molar-refractivity contribution in [2.24, 2.45) is 34.5 Å². The predicted octanol–water partition coefficient (Wildman–Crippen LogP) is 14.4. The summed E-state index contributed by atoms with van der Waals surface area (Å²) in [5, 5.41) is 0. The van der Waals surface area contributed by atoms with Gasteiger partial charge in [-0.25, -0.2) is 0 Å². The van der Waals surface area contributed by atoms with Gasteiger partial charge in [-0.3, -0.25) is 4.79 Å². The van der Waals surface area contributed by atoms with Crippen LogP contribution >= 0.6 is 0 Å². The smallest absolute Gasteiger partial charge is 0.146 e. The van der Waals surface area contributed by atoms with Crippen LogP contribution in [0.2, 0.25) is 0 Å². The number of rotatable bonds is 24. The molecule has 0 aromatic rings. The molecule has 4 rings (SSSR count). The first kappa shape index (κ1) is 42.3. The normalized spacial score (nSPS) is 22.5. The van der Waals surface area contributed by atoms with Crippen LogP contribution in [-0.4, -0.2) is 31.2 Å². The highest BCUT2D eigenvalue weighted by atomic mass is 16.5. The van der Waals surface area contributed by atoms with Crippen molar-refractivity contribution < 1.29 is 14.3 Å². The third kappa shape index (κ3) is 11.3. The number of hydrogen-bond acceptors (Lipinski definition) is 3. The maximum absolute atomic E-state index is 17.1. The van der Waals surface area contributed by atoms with Crippen LogP contribution in [0.3, 0.4) is 0 Å². The number of ketones is 1. The number of ether oxygens (including phenoxy) is 2. The van der Waals surface area contributed by atoms with E-state index in [2.05, 4.69) is 27.7 Å². The average molecular weight is 699 g/mol. The molecule has 0 heterocycles. The zero-order valence-corrected chi connectivity index (χ0v) is 34.2. The highest BCUT2D eigenvalue weighted by molar-refractivity contribution is 5.92. The fourth-order valence-electron chi connectivity index (χ4n) is 12.2. The summed E-state index contributed by atoms with van der Waals surface area (Å²) >= 11 is 0. The first-order valence-corrected chi connectivity index (χ1v) is 23.3. The monoisotopic (exact) mass is 699 g/mol. The van der Waals surface area contributed by atoms with Gasteiger partial charge in [0.15, 0.2) is 0 Å². The van der Waals surface area contributed by atoms with Gasteiger partial charge in [0.05, 0.1) is 12.2 Å². The molecular formula is C47H86O3. The van der Waals surface area contributed by atoms with E-state index >= 15 is 4.79 Å². The van der Waals surface area contributed by atoms with Gasteiger partial charge >= 0.3 is 0 Å². The van der Waals surface area contributed by atoms with E-state index in [4.69, 9.17) is 9.47 Å². The van der Waals surface area contributed by atoms with Crippen molar-refractivity contribution in [2.75, 3.05) is 13.2 Å². The SMILES string of the molecule is CCCCOC(CCC)CCC(C(=O)C(CCC(CCC)OCCCC)(C1CCCCC1)C1CCCCC1)(C1CCCCC1)C1CCCCC1. The van der Waals surface area contributed by atoms with E-state index in [0.717, 1.165) is 70.4 Å². The van der Waals surface area contributed by atoms with Crippen LogP contribution in [0.5, 0.6) is 0 Å². The quantitative estimate of drug-likeness (QED) is 0.0941. The van der Waals surface area contributed by atoms with Crippen LogP contribution in [0.25, 0.3) is 0 Å². The summed E-state index contributed by atoms with van der Waals surface area (Å²) in [4.78, 5) is 17.1. The van der Waals surface area contributed by atoms with Gasteiger partial charge in [0, 0.05) is 24.0 Å². The first-order valence-electron chi connectivity index (χ1n) is 23.3. The van der Waals surface area contributed by atoms with Crippen molar-refractivity contribution in [2.45, 2.75) is 245 Å². The molecule has 3 nitrogen and oxygen atoms in total. The van der Waals surface area contributed by atoms with Crippen molar-refractivity contribution in [1.29, 1.82) is 0 Å². The summed E-state index contributed by atoms with van der Waals surface area (Å²) in [5.41, 5.74) is -0.335. The largest absolute Gasteiger partial charge is 0.378 e. The summed E-state index contributed by atoms with van der Waals surface area (Å²) in [5.74, 6) is 3.13. The van der Waals surface area contributed by atoms with Gasteiger partial charge in [-0.1, -0.05) is 130 Å². The summed E-state index contributed by atoms with van der Waals surface area (Å²) in [6.45, 7) is 11.0. The Morgan fingerprint density at radius 1 is 0.460 bits per heavy atom. The van der Waals surface area contributed by atoms with Crippen LogP contribution in [0, 0.1) is 34.5 Å². The van der Waals surface area contributed by atoms with Crippen LogP contribution in [0.1, 0.15) is 233 Å². The van der Waals surface area contributed by atoms with Gasteiger partial charge in [-0.05, 0) is 126 Å². The molecule has 0 aromatic carbocycles. The second-order valence-corrected chi connectivity index (χ2v) is 18.1. The second kappa shape index (κ2) is 23.4. The van der Waals surface area contributed by atoms with Crippen molar-refractivity contribution in [1.82, 2.24) is 0 Å². The van der Waals surface area contributed by atoms with Crippen molar-refractivity contribution in [3.05, 3.63) is 0 Å². The minimum absolute atomic E-state index is 0.167. The van der Waals surface area contributed by atoms with Gasteiger partial charge in [-0.15, -0.1) is 0 Å². The maximum atomic E-state index is 17.1. The highest BCUT2D eigenvalue weighted by Crippen LogP contribution is 2.62. The molecule has 0 aromatic heterocycles. The van der Waals surface area contributed by atoms with E-state index in [0.29, 0.717) is 35.9 Å². The van der Waals surface area contributed by atoms with Gasteiger partial charge in [-0.2, -0.15) is 0 Å². The van der Waals surface area contributed by atoms with Crippen LogP contribution < -0.4 is 0 Å². The van der Waals surface area contributed by atoms with Crippen molar-refractivity contribution >= 4 is 5.78 Å². The molecule has 4 aliphatic carbocycles. The molecular weight excluding hydrogens is 613 g/mol. The number of hydrogen-bond donors (Lipinski definition) is 0. The highest BCUT2D eigenvalue weighted by Gasteiger charge is 2.61. The molecule has 2 unspecified atom stereocenters. The first-order chi connectivity index (χ1) is 24.6. The number of Topliss-reactive ketones (excluding diaryl/α,β-unsaturated/α-hetero) is 1. The molecule has 4 saturated carbocycles. The Labute approximate surface area is 312 Å². The lowest BCUT2D eigenvalue weighted by Gasteiger charge is -2.57. The topological polar surface area (TPSA) is 35.5 Å². The standard InChI is InChI=1S/C47H86O3/c1-5-9-37-49-43(23-7-3)33-35-46(39-25-15-11-16-26-39,40-27-17-12-18-28-40)45(48)47(41-29-19-13-20-30-41,42-31-21-14-22-32-42)36-34-44(24-8-4)50-38-10-6-2/h39-44H,5-38H2,1-4H3. The molecule has 0 N–H and O–H groups in total. The zero-order valence-electron chi connectivity index (χ0n) is 34.2. The van der Waals surface area contributed by atoms with E-state index < -0.39 is 0 Å². The fourth-order valence-corrected chi connectivity index (χ4v) is 12.2. The lowest BCUT2D eigenvalue weighted by Crippen LogP contribution is -2.58. The molecule has 50 heavy (non-hydrogen) atoms. The Kier molecular flexibility index (Phi) is 19.8. The minimum atomic E-state index is -0.167. The molecule has 0 saturated heterocycles. The minimum Gasteiger partial charge on any atom is -0.378 e. The summed E-state index contributed by atoms with van der Waals surface area (Å²) in [6, 6.07) is 0. The van der Waals surface area contributed by atoms with Gasteiger partial charge in [0.2, 0.25) is 0 Å². The average Bonchev–Trinajstić information content (AvgIpc) is 3.17. The maximum Gasteiger partial charge on any atom is 0.146 e. The molecule has 0 radical (unpaired) electrons. The molecule has 4 fully saturated rings. The van der Waals surface area contributed by atoms with Crippen LogP contribution in [0.4, 0.5) is 0 Å². The second-order valence-electron chi connectivity index (χ2n) is 18.1. The Bertz CT molecular complexity index is 767. The van der Waals surface area contributed by atoms with E-state index in [1.165, 1.54) is 154 Å². The fraction of sp³-hybridized carbons (Fsp3) is 0.979. The lowest BCUT2D eigenvalue weighted by molar-refractivity contribution is -0.165. The molecule has 2 atom stereocenters. The summed E-state index contributed by atoms with van der Waals surface area (Å²) in [6.07, 6.45) is 40.9. The van der Waals surface area contributed by atoms with E-state index in [1.807, 2.05) is 0 Å². The van der Waals surface area contributed by atoms with Crippen LogP contribution in [0.15, 0.2) is 0 Å². The Morgan fingerprint density at radius 2 is 0.760 bits per heavy atom. The number of carbonyl (C=O) groups excluding carboxylic acids is 1. The van der Waals surface area contributed by atoms with Gasteiger partial charge < -0.3 is 9.47 Å². The van der Waals surface area contributed by atoms with E-state index in [-0.39, 0.29) is 10.8 Å². The summed E-state index contributed by atoms with van der Waals surface area (Å²) in [7, 11) is 0. The van der Waals surface area contributed by atoms with E-state index in [9.17, 15) is 0 Å². The Morgan fingerprint density at radius 3 is 1.02 bits per heavy atom. The molecule has 0 amide bonds. The third-order valence-corrected chi connectivity index (χ3v) is 14.9. The number of unbranched alkanes of at least 4 members (excludes halogenated alkanes) is 2. The summed E-state index contributed by atoms with van der Waals surface area (Å²) < 4.78 is 13.4. The van der Waals surface area contributed by atoms with Gasteiger partial charge in [0.25, 0.3) is 0 Å². The molecule has 3 heteroatoms. The number of carbonyl (C=O) groups is 1. The third-order valence-electron chi connectivity index (χ3n) is 14.9. The van der Waals surface area contributed by atoms with Crippen molar-refractivity contribution in [3.8, 4) is 0 Å². The molecule has 0 aliphatic heterocycles. The lowest BCUT2D eigenvalue weighted by atomic mass is 9.45.